The van der Waals surface area contributed by atoms with E-state index in [0.29, 0.717) is 6.54 Å². The van der Waals surface area contributed by atoms with Gasteiger partial charge in [-0.1, -0.05) is 13.0 Å². The lowest BCUT2D eigenvalue weighted by Gasteiger charge is -2.23. The summed E-state index contributed by atoms with van der Waals surface area (Å²) >= 11 is 0. The Hall–Kier alpha value is -1.44. The molecule has 0 bridgehead atoms. The molecule has 21 heavy (non-hydrogen) atoms. The molecule has 0 fully saturated rings. The van der Waals surface area contributed by atoms with Crippen molar-refractivity contribution in [3.8, 4) is 0 Å². The highest BCUT2D eigenvalue weighted by atomic mass is 19.4. The van der Waals surface area contributed by atoms with Crippen molar-refractivity contribution >= 4 is 5.69 Å². The Bertz CT molecular complexity index is 467. The molecule has 0 aliphatic heterocycles. The first-order chi connectivity index (χ1) is 9.54. The maximum atomic E-state index is 13.0. The van der Waals surface area contributed by atoms with Crippen LogP contribution in [0.2, 0.25) is 0 Å². The van der Waals surface area contributed by atoms with E-state index in [-0.39, 0.29) is 17.8 Å². The first kappa shape index (κ1) is 17.6. The van der Waals surface area contributed by atoms with E-state index < -0.39 is 24.5 Å². The summed E-state index contributed by atoms with van der Waals surface area (Å²) in [6.07, 6.45) is -9.09. The van der Waals surface area contributed by atoms with Crippen molar-refractivity contribution in [3.63, 3.8) is 0 Å². The molecule has 0 heterocycles. The average molecular weight is 314 g/mol. The Balaban J connectivity index is 3.09. The van der Waals surface area contributed by atoms with Crippen molar-refractivity contribution in [1.29, 1.82) is 0 Å². The number of anilines is 1. The number of benzene rings is 1. The number of nitrogens with zero attached hydrogens (tertiary/aromatic N) is 1. The molecule has 1 rings (SSSR count). The summed E-state index contributed by atoms with van der Waals surface area (Å²) in [4.78, 5) is 0.742. The van der Waals surface area contributed by atoms with Crippen LogP contribution in [0.15, 0.2) is 18.2 Å². The third kappa shape index (κ3) is 5.45. The van der Waals surface area contributed by atoms with Crippen LogP contribution >= 0.6 is 0 Å². The van der Waals surface area contributed by atoms with Gasteiger partial charge >= 0.3 is 12.4 Å². The van der Waals surface area contributed by atoms with E-state index in [2.05, 4.69) is 5.32 Å². The van der Waals surface area contributed by atoms with Gasteiger partial charge in [-0.3, -0.25) is 0 Å². The van der Waals surface area contributed by atoms with Gasteiger partial charge in [0.1, 0.15) is 6.54 Å². The molecule has 0 unspecified atom stereocenters. The topological polar surface area (TPSA) is 15.3 Å². The Morgan fingerprint density at radius 3 is 2.19 bits per heavy atom. The Kier molecular flexibility index (Phi) is 5.49. The van der Waals surface area contributed by atoms with E-state index in [4.69, 9.17) is 0 Å². The van der Waals surface area contributed by atoms with Crippen molar-refractivity contribution in [2.45, 2.75) is 25.8 Å². The first-order valence-electron chi connectivity index (χ1n) is 6.23. The van der Waals surface area contributed by atoms with Gasteiger partial charge in [0.25, 0.3) is 0 Å². The van der Waals surface area contributed by atoms with Crippen LogP contribution in [0.4, 0.5) is 32.0 Å². The number of rotatable bonds is 5. The van der Waals surface area contributed by atoms with Crippen LogP contribution in [-0.4, -0.2) is 26.3 Å². The molecule has 0 saturated heterocycles. The van der Waals surface area contributed by atoms with Crippen molar-refractivity contribution < 1.29 is 26.3 Å². The second-order valence-electron chi connectivity index (χ2n) is 4.59. The van der Waals surface area contributed by atoms with Crippen LogP contribution < -0.4 is 10.2 Å². The van der Waals surface area contributed by atoms with Gasteiger partial charge in [0.05, 0.1) is 5.56 Å². The molecule has 120 valence electrons. The Morgan fingerprint density at radius 2 is 1.71 bits per heavy atom. The number of nitrogens with one attached hydrogen (secondary N) is 1. The minimum Gasteiger partial charge on any atom is -0.366 e. The van der Waals surface area contributed by atoms with Gasteiger partial charge in [-0.05, 0) is 24.2 Å². The van der Waals surface area contributed by atoms with Crippen LogP contribution in [-0.2, 0) is 12.7 Å². The minimum absolute atomic E-state index is 0.00788. The lowest BCUT2D eigenvalue weighted by atomic mass is 10.1. The molecular formula is C13H16F6N2. The maximum Gasteiger partial charge on any atom is 0.416 e. The van der Waals surface area contributed by atoms with E-state index in [1.807, 2.05) is 0 Å². The highest BCUT2D eigenvalue weighted by Gasteiger charge is 2.35. The second-order valence-corrected chi connectivity index (χ2v) is 4.59. The van der Waals surface area contributed by atoms with Gasteiger partial charge in [0.2, 0.25) is 0 Å². The number of alkyl halides is 6. The fourth-order valence-electron chi connectivity index (χ4n) is 1.84. The van der Waals surface area contributed by atoms with Crippen LogP contribution in [0.25, 0.3) is 0 Å². The summed E-state index contributed by atoms with van der Waals surface area (Å²) in [5.74, 6) is 0. The highest BCUT2D eigenvalue weighted by molar-refractivity contribution is 5.51. The van der Waals surface area contributed by atoms with Crippen LogP contribution in [0, 0.1) is 0 Å². The molecule has 1 aromatic rings. The summed E-state index contributed by atoms with van der Waals surface area (Å²) in [7, 11) is 1.10. The molecular weight excluding hydrogens is 298 g/mol. The second kappa shape index (κ2) is 6.55. The molecule has 0 amide bonds. The van der Waals surface area contributed by atoms with E-state index in [1.54, 1.807) is 6.92 Å². The molecule has 0 aliphatic carbocycles. The van der Waals surface area contributed by atoms with Gasteiger partial charge < -0.3 is 10.2 Å². The highest BCUT2D eigenvalue weighted by Crippen LogP contribution is 2.35. The molecule has 0 radical (unpaired) electrons. The summed E-state index contributed by atoms with van der Waals surface area (Å²) < 4.78 is 75.9. The van der Waals surface area contributed by atoms with Crippen LogP contribution in [0.3, 0.4) is 0 Å². The predicted molar refractivity (Wildman–Crippen MR) is 68.1 cm³/mol. The molecule has 0 atom stereocenters. The van der Waals surface area contributed by atoms with Gasteiger partial charge in [-0.15, -0.1) is 0 Å². The first-order valence-corrected chi connectivity index (χ1v) is 6.23. The smallest absolute Gasteiger partial charge is 0.366 e. The molecule has 1 N–H and O–H groups in total. The van der Waals surface area contributed by atoms with Crippen molar-refractivity contribution in [2.75, 3.05) is 25.0 Å². The lowest BCUT2D eigenvalue weighted by Crippen LogP contribution is -2.31. The minimum atomic E-state index is -4.61. The molecule has 2 nitrogen and oxygen atoms in total. The van der Waals surface area contributed by atoms with Crippen LogP contribution in [0.1, 0.15) is 18.1 Å². The quantitative estimate of drug-likeness (QED) is 0.831. The van der Waals surface area contributed by atoms with E-state index in [1.165, 1.54) is 12.1 Å². The third-order valence-corrected chi connectivity index (χ3v) is 2.82. The third-order valence-electron chi connectivity index (χ3n) is 2.82. The normalized spacial score (nSPS) is 12.6. The Labute approximate surface area is 118 Å². The van der Waals surface area contributed by atoms with Crippen molar-refractivity contribution in [1.82, 2.24) is 5.32 Å². The van der Waals surface area contributed by atoms with Gasteiger partial charge in [0, 0.05) is 19.3 Å². The summed E-state index contributed by atoms with van der Waals surface area (Å²) in [5, 5.41) is 2.77. The van der Waals surface area contributed by atoms with Crippen LogP contribution in [0.5, 0.6) is 0 Å². The standard InChI is InChI=1S/C13H16F6N2/c1-3-20-7-9-4-5-10(6-11(9)13(17,18)19)21(2)8-12(14,15)16/h4-6,20H,3,7-8H2,1-2H3. The lowest BCUT2D eigenvalue weighted by molar-refractivity contribution is -0.138. The van der Waals surface area contributed by atoms with Gasteiger partial charge in [-0.25, -0.2) is 0 Å². The summed E-state index contributed by atoms with van der Waals surface area (Å²) in [5.41, 5.74) is -1.04. The predicted octanol–water partition coefficient (Wildman–Crippen LogP) is 3.81. The zero-order valence-electron chi connectivity index (χ0n) is 11.6. The maximum absolute atomic E-state index is 13.0. The van der Waals surface area contributed by atoms with Gasteiger partial charge in [0.15, 0.2) is 0 Å². The van der Waals surface area contributed by atoms with E-state index in [9.17, 15) is 26.3 Å². The monoisotopic (exact) mass is 314 g/mol. The average Bonchev–Trinajstić information content (AvgIpc) is 2.33. The number of hydrogen-bond acceptors (Lipinski definition) is 2. The number of halogens is 6. The zero-order chi connectivity index (χ0) is 16.3. The number of hydrogen-bond donors (Lipinski definition) is 1. The Morgan fingerprint density at radius 1 is 1.10 bits per heavy atom. The molecule has 0 aromatic heterocycles. The molecule has 0 aliphatic rings. The molecule has 1 aromatic carbocycles. The van der Waals surface area contributed by atoms with Gasteiger partial charge in [-0.2, -0.15) is 26.3 Å². The SMILES string of the molecule is CCNCc1ccc(N(C)CC(F)(F)F)cc1C(F)(F)F. The molecule has 8 heteroatoms. The molecule has 0 saturated carbocycles. The van der Waals surface area contributed by atoms with E-state index >= 15 is 0 Å². The van der Waals surface area contributed by atoms with E-state index in [0.717, 1.165) is 18.0 Å². The fraction of sp³-hybridized carbons (Fsp3) is 0.538. The largest absolute Gasteiger partial charge is 0.416 e. The molecule has 0 spiro atoms. The van der Waals surface area contributed by atoms with Crippen molar-refractivity contribution in [2.24, 2.45) is 0 Å². The fourth-order valence-corrected chi connectivity index (χ4v) is 1.84. The summed E-state index contributed by atoms with van der Waals surface area (Å²) in [6.45, 7) is 0.942. The van der Waals surface area contributed by atoms with Crippen molar-refractivity contribution in [3.05, 3.63) is 29.3 Å². The zero-order valence-corrected chi connectivity index (χ0v) is 11.6. The summed E-state index contributed by atoms with van der Waals surface area (Å²) in [6, 6.07) is 3.21.